The summed E-state index contributed by atoms with van der Waals surface area (Å²) in [4.78, 5) is 39.9. The van der Waals surface area contributed by atoms with E-state index < -0.39 is 17.9 Å². The molecule has 0 unspecified atom stereocenters. The normalized spacial score (nSPS) is 11.5. The molecule has 7 heteroatoms. The van der Waals surface area contributed by atoms with E-state index in [4.69, 9.17) is 14.2 Å². The summed E-state index contributed by atoms with van der Waals surface area (Å²) in [5, 5.41) is 0. The van der Waals surface area contributed by atoms with Crippen LogP contribution in [-0.2, 0) is 4.74 Å². The first kappa shape index (κ1) is 21.9. The molecule has 1 aromatic heterocycles. The quantitative estimate of drug-likeness (QED) is 0.391. The van der Waals surface area contributed by atoms with Crippen molar-refractivity contribution in [3.63, 3.8) is 0 Å². The number of aryl methyl sites for hydroxylation is 1. The molecule has 0 fully saturated rings. The number of carbonyl (C=O) groups is 3. The number of ether oxygens (including phenoxy) is 3. The number of rotatable bonds is 9. The Morgan fingerprint density at radius 1 is 1.21 bits per heavy atom. The number of hydrogen-bond acceptors (Lipinski definition) is 6. The molecule has 0 amide bonds. The maximum atomic E-state index is 12.7. The van der Waals surface area contributed by atoms with Crippen LogP contribution in [0, 0.1) is 13.8 Å². The van der Waals surface area contributed by atoms with Crippen molar-refractivity contribution in [2.75, 3.05) is 13.7 Å². The largest absolute Gasteiger partial charge is 0.493 e. The van der Waals surface area contributed by atoms with Gasteiger partial charge in [-0.25, -0.2) is 4.79 Å². The molecule has 2 rings (SSSR count). The third kappa shape index (κ3) is 4.74. The molecule has 2 aromatic rings. The third-order valence-corrected chi connectivity index (χ3v) is 4.45. The first-order valence-corrected chi connectivity index (χ1v) is 9.08. The minimum absolute atomic E-state index is 0.134. The third-order valence-electron chi connectivity index (χ3n) is 4.45. The van der Waals surface area contributed by atoms with Crippen LogP contribution < -0.4 is 9.47 Å². The van der Waals surface area contributed by atoms with Crippen molar-refractivity contribution in [1.82, 2.24) is 4.98 Å². The molecule has 1 N–H and O–H groups in total. The van der Waals surface area contributed by atoms with Gasteiger partial charge in [0.25, 0.3) is 0 Å². The summed E-state index contributed by atoms with van der Waals surface area (Å²) in [6, 6.07) is 4.59. The van der Waals surface area contributed by atoms with E-state index in [1.807, 2.05) is 0 Å². The minimum atomic E-state index is -1.04. The number of esters is 1. The molecule has 7 nitrogen and oxygen atoms in total. The fourth-order valence-corrected chi connectivity index (χ4v) is 3.07. The van der Waals surface area contributed by atoms with Gasteiger partial charge in [0.1, 0.15) is 6.61 Å². The lowest BCUT2D eigenvalue weighted by Gasteiger charge is -2.14. The van der Waals surface area contributed by atoms with Gasteiger partial charge in [0.2, 0.25) is 5.78 Å². The minimum Gasteiger partial charge on any atom is -0.493 e. The Morgan fingerprint density at radius 2 is 1.90 bits per heavy atom. The summed E-state index contributed by atoms with van der Waals surface area (Å²) >= 11 is 0. The van der Waals surface area contributed by atoms with Crippen molar-refractivity contribution in [3.8, 4) is 11.5 Å². The summed E-state index contributed by atoms with van der Waals surface area (Å²) in [7, 11) is 1.46. The zero-order valence-electron chi connectivity index (χ0n) is 17.3. The van der Waals surface area contributed by atoms with Gasteiger partial charge in [-0.1, -0.05) is 12.7 Å². The number of hydrogen-bond donors (Lipinski definition) is 1. The van der Waals surface area contributed by atoms with Gasteiger partial charge >= 0.3 is 5.97 Å². The van der Waals surface area contributed by atoms with Crippen LogP contribution in [0.15, 0.2) is 30.9 Å². The molecule has 0 saturated heterocycles. The molecule has 29 heavy (non-hydrogen) atoms. The van der Waals surface area contributed by atoms with E-state index in [9.17, 15) is 14.4 Å². The fourth-order valence-electron chi connectivity index (χ4n) is 3.07. The number of methoxy groups -OCH3 is 1. The van der Waals surface area contributed by atoms with Crippen LogP contribution in [0.25, 0.3) is 0 Å². The lowest BCUT2D eigenvalue weighted by Crippen LogP contribution is -2.25. The molecule has 0 aliphatic carbocycles. The molecule has 0 aliphatic heterocycles. The van der Waals surface area contributed by atoms with Crippen LogP contribution in [-0.4, -0.2) is 42.3 Å². The number of ketones is 2. The number of benzene rings is 1. The molecule has 1 aromatic carbocycles. The van der Waals surface area contributed by atoms with Crippen LogP contribution in [0.2, 0.25) is 0 Å². The predicted octanol–water partition coefficient (Wildman–Crippen LogP) is 3.84. The maximum Gasteiger partial charge on any atom is 0.338 e. The van der Waals surface area contributed by atoms with Crippen molar-refractivity contribution in [1.29, 1.82) is 0 Å². The average Bonchev–Trinajstić information content (AvgIpc) is 2.99. The Morgan fingerprint density at radius 3 is 2.45 bits per heavy atom. The summed E-state index contributed by atoms with van der Waals surface area (Å²) in [6.07, 6.45) is 0.554. The van der Waals surface area contributed by atoms with Crippen molar-refractivity contribution >= 4 is 17.5 Å². The monoisotopic (exact) mass is 399 g/mol. The molecule has 0 radical (unpaired) electrons. The highest BCUT2D eigenvalue weighted by atomic mass is 16.5. The van der Waals surface area contributed by atoms with E-state index in [0.717, 1.165) is 0 Å². The number of H-pyrrole nitrogens is 1. The number of carbonyl (C=O) groups excluding carboxylic acids is 3. The van der Waals surface area contributed by atoms with Gasteiger partial charge in [-0.2, -0.15) is 0 Å². The lowest BCUT2D eigenvalue weighted by atomic mass is 10.0. The van der Waals surface area contributed by atoms with Crippen molar-refractivity contribution in [2.45, 2.75) is 33.8 Å². The van der Waals surface area contributed by atoms with Gasteiger partial charge in [-0.3, -0.25) is 9.59 Å². The lowest BCUT2D eigenvalue weighted by molar-refractivity contribution is 0.0316. The van der Waals surface area contributed by atoms with Gasteiger partial charge in [0, 0.05) is 11.3 Å². The highest BCUT2D eigenvalue weighted by molar-refractivity contribution is 6.05. The highest BCUT2D eigenvalue weighted by Gasteiger charge is 2.26. The second-order valence-corrected chi connectivity index (χ2v) is 6.56. The van der Waals surface area contributed by atoms with E-state index in [1.54, 1.807) is 26.0 Å². The number of aromatic nitrogens is 1. The number of Topliss-reactive ketones (excluding diaryl/α,β-unsaturated/α-hetero) is 2. The molecule has 154 valence electrons. The second-order valence-electron chi connectivity index (χ2n) is 6.56. The Bertz CT molecular complexity index is 956. The zero-order valence-corrected chi connectivity index (χ0v) is 17.3. The summed E-state index contributed by atoms with van der Waals surface area (Å²) in [6.45, 7) is 10.2. The Labute approximate surface area is 169 Å². The highest BCUT2D eigenvalue weighted by Crippen LogP contribution is 2.28. The van der Waals surface area contributed by atoms with E-state index in [-0.39, 0.29) is 17.0 Å². The molecule has 0 aliphatic rings. The van der Waals surface area contributed by atoms with Crippen LogP contribution in [0.5, 0.6) is 11.5 Å². The summed E-state index contributed by atoms with van der Waals surface area (Å²) < 4.78 is 16.0. The fraction of sp³-hybridized carbons (Fsp3) is 0.318. The molecule has 1 atom stereocenters. The van der Waals surface area contributed by atoms with Crippen molar-refractivity contribution in [3.05, 3.63) is 58.9 Å². The van der Waals surface area contributed by atoms with Gasteiger partial charge in [0.15, 0.2) is 23.4 Å². The SMILES string of the molecule is C=CCOc1ccc(C(=O)O[C@H](C)C(=O)c2[nH]c(C)c(C(C)=O)c2C)cc1OC. The molecule has 0 bridgehead atoms. The Kier molecular flexibility index (Phi) is 6.98. The Balaban J connectivity index is 2.18. The van der Waals surface area contributed by atoms with Crippen molar-refractivity contribution in [2.24, 2.45) is 0 Å². The van der Waals surface area contributed by atoms with Crippen LogP contribution in [0.3, 0.4) is 0 Å². The molecule has 0 spiro atoms. The van der Waals surface area contributed by atoms with E-state index >= 15 is 0 Å². The van der Waals surface area contributed by atoms with E-state index in [1.165, 1.54) is 33.1 Å². The Hall–Kier alpha value is -3.35. The van der Waals surface area contributed by atoms with Crippen LogP contribution in [0.4, 0.5) is 0 Å². The van der Waals surface area contributed by atoms with E-state index in [0.29, 0.717) is 34.9 Å². The van der Waals surface area contributed by atoms with Crippen LogP contribution >= 0.6 is 0 Å². The van der Waals surface area contributed by atoms with Gasteiger partial charge in [-0.05, 0) is 51.5 Å². The van der Waals surface area contributed by atoms with Gasteiger partial charge in [-0.15, -0.1) is 0 Å². The number of nitrogens with one attached hydrogen (secondary N) is 1. The maximum absolute atomic E-state index is 12.7. The molecular formula is C22H25NO6. The van der Waals surface area contributed by atoms with Gasteiger partial charge in [0.05, 0.1) is 18.4 Å². The van der Waals surface area contributed by atoms with E-state index in [2.05, 4.69) is 11.6 Å². The standard InChI is InChI=1S/C22H25NO6/c1-7-10-28-17-9-8-16(11-18(17)27-6)22(26)29-15(5)21(25)20-12(2)19(14(4)24)13(3)23-20/h7-9,11,15,23H,1,10H2,2-6H3/t15-/m1/s1. The average molecular weight is 399 g/mol. The van der Waals surface area contributed by atoms with Crippen LogP contribution in [0.1, 0.15) is 56.3 Å². The number of aromatic amines is 1. The van der Waals surface area contributed by atoms with Gasteiger partial charge < -0.3 is 19.2 Å². The first-order chi connectivity index (χ1) is 13.7. The smallest absolute Gasteiger partial charge is 0.338 e. The molecule has 1 heterocycles. The zero-order chi connectivity index (χ0) is 21.7. The first-order valence-electron chi connectivity index (χ1n) is 9.08. The topological polar surface area (TPSA) is 94.7 Å². The van der Waals surface area contributed by atoms with Crippen molar-refractivity contribution < 1.29 is 28.6 Å². The molecular weight excluding hydrogens is 374 g/mol. The molecule has 0 saturated carbocycles. The second kappa shape index (κ2) is 9.23. The predicted molar refractivity (Wildman–Crippen MR) is 108 cm³/mol. The summed E-state index contributed by atoms with van der Waals surface area (Å²) in [5.74, 6) is -0.396. The summed E-state index contributed by atoms with van der Waals surface area (Å²) in [5.41, 5.74) is 2.12.